The standard InChI is InChI=1S/C11H18N4/c1-8-3-4-15(7-8)11-13-6-10(5-12)9(2)14-11/h6,8H,3-5,7,12H2,1-2H3. The Morgan fingerprint density at radius 3 is 2.93 bits per heavy atom. The van der Waals surface area contributed by atoms with Crippen LogP contribution in [0.4, 0.5) is 5.95 Å². The zero-order valence-corrected chi connectivity index (χ0v) is 9.40. The molecule has 0 aromatic carbocycles. The van der Waals surface area contributed by atoms with Crippen molar-refractivity contribution in [2.24, 2.45) is 11.7 Å². The molecule has 0 aliphatic carbocycles. The van der Waals surface area contributed by atoms with E-state index >= 15 is 0 Å². The number of hydrogen-bond acceptors (Lipinski definition) is 4. The summed E-state index contributed by atoms with van der Waals surface area (Å²) in [7, 11) is 0. The minimum Gasteiger partial charge on any atom is -0.341 e. The van der Waals surface area contributed by atoms with E-state index in [0.717, 1.165) is 36.2 Å². The topological polar surface area (TPSA) is 55.0 Å². The van der Waals surface area contributed by atoms with Crippen molar-refractivity contribution in [2.45, 2.75) is 26.8 Å². The van der Waals surface area contributed by atoms with Gasteiger partial charge < -0.3 is 10.6 Å². The summed E-state index contributed by atoms with van der Waals surface area (Å²) >= 11 is 0. The number of hydrogen-bond donors (Lipinski definition) is 1. The zero-order chi connectivity index (χ0) is 10.8. The quantitative estimate of drug-likeness (QED) is 0.787. The molecule has 2 heterocycles. The second kappa shape index (κ2) is 4.14. The molecule has 0 saturated carbocycles. The summed E-state index contributed by atoms with van der Waals surface area (Å²) in [5.74, 6) is 1.61. The largest absolute Gasteiger partial charge is 0.341 e. The fraction of sp³-hybridized carbons (Fsp3) is 0.636. The van der Waals surface area contributed by atoms with Gasteiger partial charge in [0.2, 0.25) is 5.95 Å². The van der Waals surface area contributed by atoms with Gasteiger partial charge in [-0.05, 0) is 19.3 Å². The van der Waals surface area contributed by atoms with Gasteiger partial charge in [0, 0.05) is 37.1 Å². The van der Waals surface area contributed by atoms with Gasteiger partial charge in [0.1, 0.15) is 0 Å². The van der Waals surface area contributed by atoms with Crippen molar-refractivity contribution < 1.29 is 0 Å². The molecule has 2 N–H and O–H groups in total. The van der Waals surface area contributed by atoms with Crippen LogP contribution in [0.5, 0.6) is 0 Å². The Morgan fingerprint density at radius 1 is 1.60 bits per heavy atom. The molecule has 0 radical (unpaired) electrons. The van der Waals surface area contributed by atoms with E-state index < -0.39 is 0 Å². The van der Waals surface area contributed by atoms with Crippen LogP contribution in [0.1, 0.15) is 24.6 Å². The van der Waals surface area contributed by atoms with E-state index in [1.807, 2.05) is 13.1 Å². The lowest BCUT2D eigenvalue weighted by Crippen LogP contribution is -2.22. The zero-order valence-electron chi connectivity index (χ0n) is 9.40. The molecule has 0 spiro atoms. The molecule has 4 nitrogen and oxygen atoms in total. The molecule has 1 aromatic rings. The first-order valence-electron chi connectivity index (χ1n) is 5.48. The molecule has 1 fully saturated rings. The van der Waals surface area contributed by atoms with Gasteiger partial charge in [-0.2, -0.15) is 0 Å². The average molecular weight is 206 g/mol. The molecule has 82 valence electrons. The number of anilines is 1. The van der Waals surface area contributed by atoms with Crippen molar-refractivity contribution in [3.05, 3.63) is 17.5 Å². The minimum absolute atomic E-state index is 0.516. The lowest BCUT2D eigenvalue weighted by atomic mass is 10.2. The Kier molecular flexibility index (Phi) is 2.86. The Bertz CT molecular complexity index is 350. The maximum atomic E-state index is 5.58. The minimum atomic E-state index is 0.516. The van der Waals surface area contributed by atoms with Crippen LogP contribution in [0, 0.1) is 12.8 Å². The van der Waals surface area contributed by atoms with E-state index in [0.29, 0.717) is 6.54 Å². The smallest absolute Gasteiger partial charge is 0.225 e. The summed E-state index contributed by atoms with van der Waals surface area (Å²) in [6.07, 6.45) is 3.09. The molecule has 0 amide bonds. The maximum absolute atomic E-state index is 5.58. The fourth-order valence-electron chi connectivity index (χ4n) is 1.95. The van der Waals surface area contributed by atoms with Crippen LogP contribution in [-0.4, -0.2) is 23.1 Å². The molecule has 1 aromatic heterocycles. The summed E-state index contributed by atoms with van der Waals surface area (Å²) in [5, 5.41) is 0. The van der Waals surface area contributed by atoms with Crippen LogP contribution in [0.15, 0.2) is 6.20 Å². The normalized spacial score (nSPS) is 21.0. The summed E-state index contributed by atoms with van der Waals surface area (Å²) in [4.78, 5) is 11.1. The highest BCUT2D eigenvalue weighted by Gasteiger charge is 2.20. The first-order chi connectivity index (χ1) is 7.20. The lowest BCUT2D eigenvalue weighted by Gasteiger charge is -2.16. The Morgan fingerprint density at radius 2 is 2.40 bits per heavy atom. The van der Waals surface area contributed by atoms with E-state index in [2.05, 4.69) is 21.8 Å². The van der Waals surface area contributed by atoms with Gasteiger partial charge in [-0.25, -0.2) is 9.97 Å². The third-order valence-corrected chi connectivity index (χ3v) is 2.99. The molecule has 4 heteroatoms. The van der Waals surface area contributed by atoms with Gasteiger partial charge in [-0.3, -0.25) is 0 Å². The van der Waals surface area contributed by atoms with Crippen molar-refractivity contribution in [1.29, 1.82) is 0 Å². The van der Waals surface area contributed by atoms with Crippen molar-refractivity contribution in [3.63, 3.8) is 0 Å². The second-order valence-corrected chi connectivity index (χ2v) is 4.32. The molecule has 1 unspecified atom stereocenters. The van der Waals surface area contributed by atoms with E-state index in [1.54, 1.807) is 0 Å². The van der Waals surface area contributed by atoms with Crippen LogP contribution in [0.25, 0.3) is 0 Å². The molecular formula is C11H18N4. The van der Waals surface area contributed by atoms with Crippen molar-refractivity contribution in [3.8, 4) is 0 Å². The number of rotatable bonds is 2. The lowest BCUT2D eigenvalue weighted by molar-refractivity contribution is 0.658. The van der Waals surface area contributed by atoms with E-state index in [9.17, 15) is 0 Å². The molecular weight excluding hydrogens is 188 g/mol. The molecule has 1 atom stereocenters. The van der Waals surface area contributed by atoms with Crippen molar-refractivity contribution in [1.82, 2.24) is 9.97 Å². The maximum Gasteiger partial charge on any atom is 0.225 e. The highest BCUT2D eigenvalue weighted by Crippen LogP contribution is 2.20. The first-order valence-corrected chi connectivity index (χ1v) is 5.48. The average Bonchev–Trinajstić information content (AvgIpc) is 2.65. The molecule has 0 bridgehead atoms. The van der Waals surface area contributed by atoms with Crippen LogP contribution in [0.2, 0.25) is 0 Å². The van der Waals surface area contributed by atoms with Gasteiger partial charge in [-0.1, -0.05) is 6.92 Å². The summed E-state index contributed by atoms with van der Waals surface area (Å²) < 4.78 is 0. The Hall–Kier alpha value is -1.16. The Labute approximate surface area is 90.5 Å². The highest BCUT2D eigenvalue weighted by molar-refractivity contribution is 5.34. The number of nitrogens with two attached hydrogens (primary N) is 1. The fourth-order valence-corrected chi connectivity index (χ4v) is 1.95. The van der Waals surface area contributed by atoms with Gasteiger partial charge in [0.05, 0.1) is 0 Å². The van der Waals surface area contributed by atoms with Gasteiger partial charge in [-0.15, -0.1) is 0 Å². The molecule has 2 rings (SSSR count). The van der Waals surface area contributed by atoms with Crippen LogP contribution in [0.3, 0.4) is 0 Å². The van der Waals surface area contributed by atoms with Crippen LogP contribution in [-0.2, 0) is 6.54 Å². The third-order valence-electron chi connectivity index (χ3n) is 2.99. The number of aromatic nitrogens is 2. The van der Waals surface area contributed by atoms with Crippen LogP contribution >= 0.6 is 0 Å². The van der Waals surface area contributed by atoms with E-state index in [4.69, 9.17) is 5.73 Å². The van der Waals surface area contributed by atoms with E-state index in [-0.39, 0.29) is 0 Å². The van der Waals surface area contributed by atoms with E-state index in [1.165, 1.54) is 6.42 Å². The first kappa shape index (κ1) is 10.4. The second-order valence-electron chi connectivity index (χ2n) is 4.32. The van der Waals surface area contributed by atoms with Crippen LogP contribution < -0.4 is 10.6 Å². The highest BCUT2D eigenvalue weighted by atomic mass is 15.3. The SMILES string of the molecule is Cc1nc(N2CCC(C)C2)ncc1CN. The third kappa shape index (κ3) is 2.09. The molecule has 1 aliphatic rings. The predicted molar refractivity (Wildman–Crippen MR) is 60.7 cm³/mol. The number of aryl methyl sites for hydroxylation is 1. The summed E-state index contributed by atoms with van der Waals surface area (Å²) in [5.41, 5.74) is 7.62. The Balaban J connectivity index is 2.19. The van der Waals surface area contributed by atoms with Gasteiger partial charge >= 0.3 is 0 Å². The summed E-state index contributed by atoms with van der Waals surface area (Å²) in [6, 6.07) is 0. The van der Waals surface area contributed by atoms with Gasteiger partial charge in [0.25, 0.3) is 0 Å². The number of nitrogens with zero attached hydrogens (tertiary/aromatic N) is 3. The molecule has 15 heavy (non-hydrogen) atoms. The van der Waals surface area contributed by atoms with Crippen molar-refractivity contribution in [2.75, 3.05) is 18.0 Å². The van der Waals surface area contributed by atoms with Gasteiger partial charge in [0.15, 0.2) is 0 Å². The summed E-state index contributed by atoms with van der Waals surface area (Å²) in [6.45, 7) is 6.92. The monoisotopic (exact) mass is 206 g/mol. The molecule has 1 aliphatic heterocycles. The predicted octanol–water partition coefficient (Wildman–Crippen LogP) is 1.09. The molecule has 1 saturated heterocycles. The van der Waals surface area contributed by atoms with Crippen molar-refractivity contribution >= 4 is 5.95 Å².